The minimum atomic E-state index is -0.593. The number of amides is 3. The van der Waals surface area contributed by atoms with Crippen LogP contribution in [0, 0.1) is 34.5 Å². The van der Waals surface area contributed by atoms with Gasteiger partial charge in [0.05, 0.1) is 31.4 Å². The minimum absolute atomic E-state index is 0.00269. The summed E-state index contributed by atoms with van der Waals surface area (Å²) in [6.07, 6.45) is 4.13. The molecule has 50 heavy (non-hydrogen) atoms. The van der Waals surface area contributed by atoms with Crippen LogP contribution >= 0.6 is 0 Å². The maximum absolute atomic E-state index is 13.5. The molecule has 0 aromatic heterocycles. The third-order valence-electron chi connectivity index (χ3n) is 12.3. The highest BCUT2D eigenvalue weighted by Gasteiger charge is 2.68. The lowest BCUT2D eigenvalue weighted by molar-refractivity contribution is -0.199. The normalized spacial score (nSPS) is 29.8. The van der Waals surface area contributed by atoms with Gasteiger partial charge in [-0.05, 0) is 75.3 Å². The van der Waals surface area contributed by atoms with E-state index >= 15 is 0 Å². The molecule has 3 saturated carbocycles. The Balaban J connectivity index is 1.03. The first kappa shape index (κ1) is 36.2. The van der Waals surface area contributed by atoms with Gasteiger partial charge in [-0.25, -0.2) is 9.59 Å². The number of nitrogens with one attached hydrogen (secondary N) is 1. The number of likely N-dealkylation sites (tertiary alicyclic amines) is 1. The number of benzene rings is 1. The van der Waals surface area contributed by atoms with E-state index in [1.54, 1.807) is 15.9 Å². The molecule has 1 N–H and O–H groups in total. The fraction of sp³-hybridized carbons (Fsp3) is 0.676. The van der Waals surface area contributed by atoms with Gasteiger partial charge in [-0.15, -0.1) is 0 Å². The second-order valence-electron chi connectivity index (χ2n) is 16.0. The SMILES string of the molecule is COC(=O)N1CCN(C(C)(C)/C=C(\C#N)C(=O)N2CC[C@H](COC(=O)N[C@@H](Cc3ccccc3)B3O[C@@H]4C[C@H]5C[C@@H](C5(C)C)[C@]4(C)O3)C2)CC1. The third kappa shape index (κ3) is 7.12. The quantitative estimate of drug-likeness (QED) is 0.232. The smallest absolute Gasteiger partial charge is 0.453 e. The van der Waals surface area contributed by atoms with Gasteiger partial charge in [0, 0.05) is 50.7 Å². The van der Waals surface area contributed by atoms with Gasteiger partial charge in [0.15, 0.2) is 0 Å². The summed E-state index contributed by atoms with van der Waals surface area (Å²) >= 11 is 0. The van der Waals surface area contributed by atoms with Crippen molar-refractivity contribution in [2.24, 2.45) is 23.2 Å². The maximum Gasteiger partial charge on any atom is 0.482 e. The van der Waals surface area contributed by atoms with Gasteiger partial charge in [0.2, 0.25) is 0 Å². The molecule has 270 valence electrons. The molecule has 13 heteroatoms. The van der Waals surface area contributed by atoms with Gasteiger partial charge in [-0.3, -0.25) is 9.69 Å². The molecule has 0 unspecified atom stereocenters. The number of methoxy groups -OCH3 is 1. The van der Waals surface area contributed by atoms with E-state index in [-0.39, 0.29) is 41.6 Å². The highest BCUT2D eigenvalue weighted by Crippen LogP contribution is 2.65. The van der Waals surface area contributed by atoms with E-state index in [4.69, 9.17) is 18.8 Å². The third-order valence-corrected chi connectivity index (χ3v) is 12.3. The predicted molar refractivity (Wildman–Crippen MR) is 187 cm³/mol. The number of piperazine rings is 1. The second-order valence-corrected chi connectivity index (χ2v) is 16.0. The van der Waals surface area contributed by atoms with Crippen LogP contribution in [0.15, 0.2) is 42.0 Å². The lowest BCUT2D eigenvalue weighted by Crippen LogP contribution is -2.65. The summed E-state index contributed by atoms with van der Waals surface area (Å²) in [5.74, 6) is 0.219. The molecule has 1 aromatic carbocycles. The molecule has 7 rings (SSSR count). The molecule has 3 amide bonds. The molecule has 12 nitrogen and oxygen atoms in total. The topological polar surface area (TPSA) is 134 Å². The number of alkyl carbamates (subject to hydrolysis) is 1. The summed E-state index contributed by atoms with van der Waals surface area (Å²) in [5, 5.41) is 13.0. The van der Waals surface area contributed by atoms with Gasteiger partial charge < -0.3 is 33.9 Å². The number of ether oxygens (including phenoxy) is 2. The lowest BCUT2D eigenvalue weighted by Gasteiger charge is -2.64. The number of hydrogen-bond donors (Lipinski definition) is 1. The summed E-state index contributed by atoms with van der Waals surface area (Å²) in [6.45, 7) is 14.0. The second kappa shape index (κ2) is 14.2. The van der Waals surface area contributed by atoms with Crippen molar-refractivity contribution in [2.75, 3.05) is 53.0 Å². The first-order valence-corrected chi connectivity index (χ1v) is 18.1. The molecule has 6 aliphatic rings. The molecule has 0 spiro atoms. The summed E-state index contributed by atoms with van der Waals surface area (Å²) in [7, 11) is 0.775. The summed E-state index contributed by atoms with van der Waals surface area (Å²) in [5.41, 5.74) is 0.393. The summed E-state index contributed by atoms with van der Waals surface area (Å²) in [6, 6.07) is 12.1. The Hall–Kier alpha value is -3.60. The zero-order valence-corrected chi connectivity index (χ0v) is 30.4. The van der Waals surface area contributed by atoms with E-state index in [1.807, 2.05) is 44.2 Å². The number of hydrogen-bond acceptors (Lipinski definition) is 9. The number of nitriles is 1. The van der Waals surface area contributed by atoms with E-state index in [9.17, 15) is 19.6 Å². The van der Waals surface area contributed by atoms with Crippen LogP contribution in [0.5, 0.6) is 0 Å². The molecule has 6 fully saturated rings. The summed E-state index contributed by atoms with van der Waals surface area (Å²) < 4.78 is 23.9. The van der Waals surface area contributed by atoms with Crippen molar-refractivity contribution in [1.82, 2.24) is 20.0 Å². The zero-order chi connectivity index (χ0) is 35.8. The summed E-state index contributed by atoms with van der Waals surface area (Å²) in [4.78, 5) is 44.1. The van der Waals surface area contributed by atoms with Crippen LogP contribution in [0.4, 0.5) is 9.59 Å². The Morgan fingerprint density at radius 1 is 1.10 bits per heavy atom. The van der Waals surface area contributed by atoms with E-state index in [0.717, 1.165) is 18.4 Å². The van der Waals surface area contributed by atoms with Gasteiger partial charge in [0.25, 0.3) is 5.91 Å². The van der Waals surface area contributed by atoms with Crippen LogP contribution in [0.1, 0.15) is 59.4 Å². The molecule has 3 saturated heterocycles. The van der Waals surface area contributed by atoms with E-state index < -0.39 is 30.3 Å². The van der Waals surface area contributed by atoms with Crippen molar-refractivity contribution in [1.29, 1.82) is 5.26 Å². The van der Waals surface area contributed by atoms with E-state index in [2.05, 4.69) is 37.1 Å². The Bertz CT molecular complexity index is 1510. The van der Waals surface area contributed by atoms with Gasteiger partial charge in [-0.1, -0.05) is 44.2 Å². The first-order valence-electron chi connectivity index (χ1n) is 18.1. The number of carbonyl (C=O) groups excluding carboxylic acids is 3. The molecule has 2 bridgehead atoms. The number of carbonyl (C=O) groups is 3. The van der Waals surface area contributed by atoms with Crippen molar-refractivity contribution in [3.05, 3.63) is 47.5 Å². The standard InChI is InChI=1S/C37H52BN5O7/c1-35(2,43-16-14-41(15-17-43)34(46)47-6)21-27(22-39)32(44)42-13-12-26(23-42)24-48-33(45)40-31(18-25-10-8-7-9-11-25)38-49-30-20-28-19-29(36(28,3)4)37(30,5)50-38/h7-11,21,26,28-31H,12-20,23-24H2,1-6H3,(H,40,45)/b27-21+/t26-,28+,29-,30+,31-,37-/m0/s1. The van der Waals surface area contributed by atoms with Gasteiger partial charge >= 0.3 is 19.3 Å². The van der Waals surface area contributed by atoms with Crippen LogP contribution in [-0.4, -0.2) is 116 Å². The molecular formula is C37H52BN5O7. The van der Waals surface area contributed by atoms with Crippen LogP contribution in [0.2, 0.25) is 0 Å². The van der Waals surface area contributed by atoms with Crippen molar-refractivity contribution in [3.8, 4) is 6.07 Å². The van der Waals surface area contributed by atoms with Crippen molar-refractivity contribution in [3.63, 3.8) is 0 Å². The van der Waals surface area contributed by atoms with E-state index in [0.29, 0.717) is 63.9 Å². The zero-order valence-electron chi connectivity index (χ0n) is 30.4. The predicted octanol–water partition coefficient (Wildman–Crippen LogP) is 4.05. The number of rotatable bonds is 9. The molecule has 1 aromatic rings. The first-order chi connectivity index (χ1) is 23.7. The minimum Gasteiger partial charge on any atom is -0.453 e. The molecule has 3 aliphatic heterocycles. The highest BCUT2D eigenvalue weighted by atomic mass is 16.7. The van der Waals surface area contributed by atoms with E-state index in [1.165, 1.54) is 7.11 Å². The lowest BCUT2D eigenvalue weighted by atomic mass is 9.43. The van der Waals surface area contributed by atoms with Crippen LogP contribution < -0.4 is 5.32 Å². The van der Waals surface area contributed by atoms with Crippen molar-refractivity contribution < 1.29 is 33.2 Å². The molecular weight excluding hydrogens is 637 g/mol. The monoisotopic (exact) mass is 689 g/mol. The Kier molecular flexibility index (Phi) is 10.3. The van der Waals surface area contributed by atoms with Crippen molar-refractivity contribution in [2.45, 2.75) is 83.5 Å². The molecule has 0 radical (unpaired) electrons. The fourth-order valence-electron chi connectivity index (χ4n) is 9.05. The van der Waals surface area contributed by atoms with Crippen LogP contribution in [0.25, 0.3) is 0 Å². The number of nitrogens with zero attached hydrogens (tertiary/aromatic N) is 4. The largest absolute Gasteiger partial charge is 0.482 e. The molecule has 3 heterocycles. The average molecular weight is 690 g/mol. The van der Waals surface area contributed by atoms with Crippen molar-refractivity contribution >= 4 is 25.2 Å². The average Bonchev–Trinajstić information content (AvgIpc) is 3.73. The van der Waals surface area contributed by atoms with Crippen LogP contribution in [-0.2, 0) is 30.0 Å². The van der Waals surface area contributed by atoms with Crippen LogP contribution in [0.3, 0.4) is 0 Å². The Morgan fingerprint density at radius 2 is 1.82 bits per heavy atom. The maximum atomic E-state index is 13.5. The Morgan fingerprint density at radius 3 is 2.48 bits per heavy atom. The fourth-order valence-corrected chi connectivity index (χ4v) is 9.05. The Labute approximate surface area is 296 Å². The van der Waals surface area contributed by atoms with Gasteiger partial charge in [0.1, 0.15) is 11.6 Å². The molecule has 6 atom stereocenters. The highest BCUT2D eigenvalue weighted by molar-refractivity contribution is 6.47. The van der Waals surface area contributed by atoms with Gasteiger partial charge in [-0.2, -0.15) is 5.26 Å². The molecule has 3 aliphatic carbocycles.